The molecule has 0 unspecified atom stereocenters. The fourth-order valence-corrected chi connectivity index (χ4v) is 3.57. The Bertz CT molecular complexity index is 898. The number of hydrogen-bond acceptors (Lipinski definition) is 6. The second-order valence-electron chi connectivity index (χ2n) is 5.34. The Balaban J connectivity index is 0.00000243. The number of aromatic nitrogens is 4. The molecule has 0 radical (unpaired) electrons. The van der Waals surface area contributed by atoms with Crippen molar-refractivity contribution in [2.45, 2.75) is 24.9 Å². The summed E-state index contributed by atoms with van der Waals surface area (Å²) < 4.78 is 20.5. The van der Waals surface area contributed by atoms with Crippen LogP contribution in [-0.4, -0.2) is 36.8 Å². The first-order chi connectivity index (χ1) is 12.0. The van der Waals surface area contributed by atoms with Gasteiger partial charge in [0.1, 0.15) is 11.6 Å². The van der Waals surface area contributed by atoms with E-state index in [0.717, 1.165) is 23.7 Å². The highest BCUT2D eigenvalue weighted by molar-refractivity contribution is 9.10. The molecule has 0 saturated heterocycles. The average Bonchev–Trinajstić information content (AvgIpc) is 3.20. The Morgan fingerprint density at radius 3 is 2.88 bits per heavy atom. The number of nitrogens with one attached hydrogen (secondary N) is 1. The van der Waals surface area contributed by atoms with Crippen LogP contribution in [0, 0.1) is 18.2 Å². The minimum Gasteiger partial charge on any atom is -0.412 e. The topological polar surface area (TPSA) is 112 Å². The van der Waals surface area contributed by atoms with Crippen LogP contribution in [0.4, 0.5) is 4.39 Å². The molecule has 0 saturated carbocycles. The standard InChI is InChI=1S/C16H15BrFN5OS.H2O/c1-10-20-4-5-23(10)6-7-25-16-15(21-24-22-16)14(19)9-11-2-3-13(18)12(17)8-11;/h2-5,8,19H,6-7,9H2,1H3;1H2. The van der Waals surface area contributed by atoms with Crippen molar-refractivity contribution in [2.24, 2.45) is 0 Å². The quantitative estimate of drug-likeness (QED) is 0.447. The highest BCUT2D eigenvalue weighted by Gasteiger charge is 2.16. The number of hydrogen-bond donors (Lipinski definition) is 1. The maximum atomic E-state index is 13.3. The van der Waals surface area contributed by atoms with Crippen molar-refractivity contribution in [1.29, 1.82) is 5.41 Å². The van der Waals surface area contributed by atoms with E-state index in [1.807, 2.05) is 17.7 Å². The van der Waals surface area contributed by atoms with Crippen LogP contribution in [0.25, 0.3) is 0 Å². The molecule has 2 heterocycles. The maximum absolute atomic E-state index is 13.3. The number of aryl methyl sites for hydroxylation is 2. The summed E-state index contributed by atoms with van der Waals surface area (Å²) in [6, 6.07) is 4.68. The van der Waals surface area contributed by atoms with Crippen LogP contribution in [0.15, 0.2) is 44.7 Å². The third-order valence-electron chi connectivity index (χ3n) is 3.60. The third-order valence-corrected chi connectivity index (χ3v) is 5.14. The molecular weight excluding hydrogens is 425 g/mol. The first-order valence-corrected chi connectivity index (χ1v) is 9.27. The lowest BCUT2D eigenvalue weighted by molar-refractivity contribution is 0.298. The van der Waals surface area contributed by atoms with Gasteiger partial charge in [-0.1, -0.05) is 17.8 Å². The van der Waals surface area contributed by atoms with Gasteiger partial charge in [-0.05, 0) is 50.9 Å². The molecule has 0 aliphatic heterocycles. The van der Waals surface area contributed by atoms with Gasteiger partial charge in [0.2, 0.25) is 0 Å². The molecule has 0 fully saturated rings. The number of halogens is 2. The zero-order chi connectivity index (χ0) is 17.8. The van der Waals surface area contributed by atoms with Gasteiger partial charge >= 0.3 is 0 Å². The van der Waals surface area contributed by atoms with Crippen molar-refractivity contribution >= 4 is 33.4 Å². The molecule has 1 aromatic carbocycles. The number of imidazole rings is 1. The molecule has 10 heteroatoms. The molecule has 3 rings (SSSR count). The predicted molar refractivity (Wildman–Crippen MR) is 100 cm³/mol. The van der Waals surface area contributed by atoms with Gasteiger partial charge in [-0.15, -0.1) is 0 Å². The SMILES string of the molecule is Cc1nccn1CCSc1nonc1C(=N)Cc1ccc(F)c(Br)c1.O. The summed E-state index contributed by atoms with van der Waals surface area (Å²) in [6.45, 7) is 2.73. The Labute approximate surface area is 161 Å². The Morgan fingerprint density at radius 1 is 1.38 bits per heavy atom. The molecule has 2 aromatic heterocycles. The Hall–Kier alpha value is -2.04. The monoisotopic (exact) mass is 441 g/mol. The van der Waals surface area contributed by atoms with Crippen LogP contribution in [0.3, 0.4) is 0 Å². The summed E-state index contributed by atoms with van der Waals surface area (Å²) in [7, 11) is 0. The summed E-state index contributed by atoms with van der Waals surface area (Å²) in [4.78, 5) is 4.18. The van der Waals surface area contributed by atoms with E-state index in [-0.39, 0.29) is 17.0 Å². The molecule has 3 N–H and O–H groups in total. The van der Waals surface area contributed by atoms with E-state index in [2.05, 4.69) is 31.2 Å². The van der Waals surface area contributed by atoms with Crippen LogP contribution in [0.5, 0.6) is 0 Å². The zero-order valence-electron chi connectivity index (χ0n) is 13.9. The highest BCUT2D eigenvalue weighted by atomic mass is 79.9. The van der Waals surface area contributed by atoms with E-state index in [0.29, 0.717) is 21.6 Å². The highest BCUT2D eigenvalue weighted by Crippen LogP contribution is 2.22. The first kappa shape index (κ1) is 20.3. The lowest BCUT2D eigenvalue weighted by atomic mass is 10.1. The van der Waals surface area contributed by atoms with Crippen LogP contribution in [0.1, 0.15) is 17.1 Å². The van der Waals surface area contributed by atoms with E-state index >= 15 is 0 Å². The Morgan fingerprint density at radius 2 is 2.19 bits per heavy atom. The lowest BCUT2D eigenvalue weighted by Crippen LogP contribution is -2.07. The zero-order valence-corrected chi connectivity index (χ0v) is 16.3. The van der Waals surface area contributed by atoms with Crippen LogP contribution in [0.2, 0.25) is 0 Å². The summed E-state index contributed by atoms with van der Waals surface area (Å²) >= 11 is 4.63. The van der Waals surface area contributed by atoms with Gasteiger partial charge in [0.15, 0.2) is 10.7 Å². The molecule has 0 atom stereocenters. The Kier molecular flexibility index (Phi) is 7.06. The molecule has 0 aliphatic carbocycles. The second kappa shape index (κ2) is 9.06. The van der Waals surface area contributed by atoms with Crippen molar-refractivity contribution in [3.63, 3.8) is 0 Å². The molecular formula is C16H17BrFN5O2S. The van der Waals surface area contributed by atoms with Crippen molar-refractivity contribution in [2.75, 3.05) is 5.75 Å². The normalized spacial score (nSPS) is 10.6. The molecule has 7 nitrogen and oxygen atoms in total. The van der Waals surface area contributed by atoms with E-state index in [1.54, 1.807) is 18.3 Å². The van der Waals surface area contributed by atoms with Crippen LogP contribution < -0.4 is 0 Å². The number of benzene rings is 1. The number of thioether (sulfide) groups is 1. The minimum atomic E-state index is -0.329. The summed E-state index contributed by atoms with van der Waals surface area (Å²) in [5, 5.41) is 16.6. The van der Waals surface area contributed by atoms with Gasteiger partial charge in [-0.25, -0.2) is 14.0 Å². The van der Waals surface area contributed by atoms with Gasteiger partial charge < -0.3 is 15.5 Å². The van der Waals surface area contributed by atoms with E-state index < -0.39 is 0 Å². The van der Waals surface area contributed by atoms with Gasteiger partial charge in [-0.3, -0.25) is 0 Å². The maximum Gasteiger partial charge on any atom is 0.170 e. The molecule has 0 aliphatic rings. The smallest absolute Gasteiger partial charge is 0.170 e. The number of rotatable bonds is 7. The van der Waals surface area contributed by atoms with Gasteiger partial charge in [0.25, 0.3) is 0 Å². The molecule has 0 spiro atoms. The van der Waals surface area contributed by atoms with Gasteiger partial charge in [0, 0.05) is 31.1 Å². The fraction of sp³-hybridized carbons (Fsp3) is 0.250. The first-order valence-electron chi connectivity index (χ1n) is 7.49. The second-order valence-corrected chi connectivity index (χ2v) is 7.28. The summed E-state index contributed by atoms with van der Waals surface area (Å²) in [6.07, 6.45) is 4.01. The van der Waals surface area contributed by atoms with Crippen molar-refractivity contribution in [3.05, 3.63) is 58.0 Å². The van der Waals surface area contributed by atoms with Crippen molar-refractivity contribution < 1.29 is 14.5 Å². The van der Waals surface area contributed by atoms with E-state index in [9.17, 15) is 4.39 Å². The van der Waals surface area contributed by atoms with Crippen LogP contribution >= 0.6 is 27.7 Å². The molecule has 0 amide bonds. The van der Waals surface area contributed by atoms with Gasteiger partial charge in [-0.2, -0.15) is 0 Å². The fourth-order valence-electron chi connectivity index (χ4n) is 2.28. The third kappa shape index (κ3) is 4.77. The largest absolute Gasteiger partial charge is 0.412 e. The van der Waals surface area contributed by atoms with Crippen molar-refractivity contribution in [1.82, 2.24) is 19.9 Å². The van der Waals surface area contributed by atoms with E-state index in [1.165, 1.54) is 17.8 Å². The average molecular weight is 442 g/mol. The molecule has 0 bridgehead atoms. The van der Waals surface area contributed by atoms with Crippen molar-refractivity contribution in [3.8, 4) is 0 Å². The van der Waals surface area contributed by atoms with Crippen LogP contribution in [-0.2, 0) is 13.0 Å². The molecule has 3 aromatic rings. The van der Waals surface area contributed by atoms with E-state index in [4.69, 9.17) is 10.0 Å². The number of nitrogens with zero attached hydrogens (tertiary/aromatic N) is 4. The summed E-state index contributed by atoms with van der Waals surface area (Å²) in [5.74, 6) is 1.38. The molecule has 138 valence electrons. The predicted octanol–water partition coefficient (Wildman–Crippen LogP) is 3.05. The van der Waals surface area contributed by atoms with Gasteiger partial charge in [0.05, 0.1) is 10.2 Å². The summed E-state index contributed by atoms with van der Waals surface area (Å²) in [5.41, 5.74) is 1.51. The molecule has 26 heavy (non-hydrogen) atoms. The minimum absolute atomic E-state index is 0. The lowest BCUT2D eigenvalue weighted by Gasteiger charge is -2.05.